The summed E-state index contributed by atoms with van der Waals surface area (Å²) in [6.45, 7) is 6.03. The highest BCUT2D eigenvalue weighted by Crippen LogP contribution is 2.20. The largest absolute Gasteiger partial charge is 0.481 e. The van der Waals surface area contributed by atoms with Gasteiger partial charge in [-0.05, 0) is 23.8 Å². The molecule has 5 heteroatoms. The number of carbonyl (C=O) groups excluding carboxylic acids is 2. The number of ketones is 1. The fourth-order valence-corrected chi connectivity index (χ4v) is 2.27. The molecule has 0 heterocycles. The van der Waals surface area contributed by atoms with Crippen molar-refractivity contribution >= 4 is 17.7 Å². The number of carbonyl (C=O) groups is 3. The Balaban J connectivity index is 2.43. The van der Waals surface area contributed by atoms with E-state index in [1.54, 1.807) is 0 Å². The van der Waals surface area contributed by atoms with Gasteiger partial charge in [-0.25, -0.2) is 0 Å². The number of amides is 1. The molecule has 0 fully saturated rings. The van der Waals surface area contributed by atoms with Gasteiger partial charge in [-0.2, -0.15) is 0 Å². The lowest BCUT2D eigenvalue weighted by Gasteiger charge is -2.17. The molecule has 1 aromatic rings. The number of Topliss-reactive ketones (excluding diaryl/α,β-unsaturated/α-hetero) is 1. The molecule has 0 aliphatic heterocycles. The van der Waals surface area contributed by atoms with E-state index in [1.165, 1.54) is 0 Å². The molecule has 5 nitrogen and oxygen atoms in total. The first-order valence-electron chi connectivity index (χ1n) is 8.22. The average molecular weight is 333 g/mol. The topological polar surface area (TPSA) is 83.5 Å². The fourth-order valence-electron chi connectivity index (χ4n) is 2.27. The van der Waals surface area contributed by atoms with Crippen molar-refractivity contribution < 1.29 is 19.5 Å². The lowest BCUT2D eigenvalue weighted by atomic mass is 9.90. The second kappa shape index (κ2) is 9.21. The van der Waals surface area contributed by atoms with Gasteiger partial charge in [0.25, 0.3) is 0 Å². The summed E-state index contributed by atoms with van der Waals surface area (Å²) < 4.78 is 0. The van der Waals surface area contributed by atoms with Crippen LogP contribution in [0.25, 0.3) is 0 Å². The van der Waals surface area contributed by atoms with E-state index in [4.69, 9.17) is 0 Å². The summed E-state index contributed by atoms with van der Waals surface area (Å²) in [5.74, 6) is -2.20. The minimum atomic E-state index is -0.994. The molecule has 0 saturated carbocycles. The van der Waals surface area contributed by atoms with E-state index in [1.807, 2.05) is 51.1 Å². The number of carboxylic acid groups (broad SMARTS) is 1. The fraction of sp³-hybridized carbons (Fsp3) is 0.526. The van der Waals surface area contributed by atoms with Crippen molar-refractivity contribution in [1.82, 2.24) is 5.32 Å². The Morgan fingerprint density at radius 1 is 1.12 bits per heavy atom. The highest BCUT2D eigenvalue weighted by molar-refractivity contribution is 5.88. The van der Waals surface area contributed by atoms with E-state index in [-0.39, 0.29) is 30.1 Å². The number of nitrogens with one attached hydrogen (secondary N) is 1. The van der Waals surface area contributed by atoms with Gasteiger partial charge in [0.2, 0.25) is 5.91 Å². The number of hydrogen-bond donors (Lipinski definition) is 2. The summed E-state index contributed by atoms with van der Waals surface area (Å²) in [7, 11) is 0. The third-order valence-electron chi connectivity index (χ3n) is 3.73. The van der Waals surface area contributed by atoms with Crippen molar-refractivity contribution in [2.24, 2.45) is 11.3 Å². The predicted molar refractivity (Wildman–Crippen MR) is 92.6 cm³/mol. The minimum Gasteiger partial charge on any atom is -0.481 e. The highest BCUT2D eigenvalue weighted by atomic mass is 16.4. The Kier molecular flexibility index (Phi) is 7.62. The van der Waals surface area contributed by atoms with Crippen LogP contribution in [0, 0.1) is 11.3 Å². The Hall–Kier alpha value is -2.17. The minimum absolute atomic E-state index is 0.0609. The van der Waals surface area contributed by atoms with Crippen molar-refractivity contribution in [1.29, 1.82) is 0 Å². The third kappa shape index (κ3) is 8.46. The highest BCUT2D eigenvalue weighted by Gasteiger charge is 2.22. The summed E-state index contributed by atoms with van der Waals surface area (Å²) in [6, 6.07) is 9.22. The third-order valence-corrected chi connectivity index (χ3v) is 3.73. The molecular formula is C19H27NO4. The Morgan fingerprint density at radius 2 is 1.75 bits per heavy atom. The van der Waals surface area contributed by atoms with Gasteiger partial charge in [-0.1, -0.05) is 51.1 Å². The van der Waals surface area contributed by atoms with Crippen molar-refractivity contribution in [3.63, 3.8) is 0 Å². The number of carboxylic acids is 1. The molecule has 2 N–H and O–H groups in total. The molecule has 0 aliphatic carbocycles. The van der Waals surface area contributed by atoms with E-state index >= 15 is 0 Å². The van der Waals surface area contributed by atoms with E-state index < -0.39 is 11.9 Å². The maximum Gasteiger partial charge on any atom is 0.307 e. The molecule has 132 valence electrons. The van der Waals surface area contributed by atoms with Crippen molar-refractivity contribution in [3.05, 3.63) is 35.9 Å². The Morgan fingerprint density at radius 3 is 2.29 bits per heavy atom. The first-order valence-corrected chi connectivity index (χ1v) is 8.22. The first-order chi connectivity index (χ1) is 11.2. The van der Waals surface area contributed by atoms with Crippen LogP contribution < -0.4 is 5.32 Å². The maximum absolute atomic E-state index is 12.0. The standard InChI is InChI=1S/C19H27NO4/c1-19(2,3)10-9-17(22)20-13-16(21)12-15(18(23)24)11-14-7-5-4-6-8-14/h4-8,15H,9-13H2,1-3H3,(H,20,22)(H,23,24)/t15-/m0/s1. The maximum atomic E-state index is 12.0. The summed E-state index contributed by atoms with van der Waals surface area (Å²) in [5.41, 5.74) is 0.942. The summed E-state index contributed by atoms with van der Waals surface area (Å²) >= 11 is 0. The van der Waals surface area contributed by atoms with Gasteiger partial charge in [-0.3, -0.25) is 14.4 Å². The first kappa shape index (κ1) is 19.9. The van der Waals surface area contributed by atoms with Gasteiger partial charge in [0.05, 0.1) is 12.5 Å². The molecule has 1 amide bonds. The summed E-state index contributed by atoms with van der Waals surface area (Å²) in [6.07, 6.45) is 1.32. The smallest absolute Gasteiger partial charge is 0.307 e. The molecular weight excluding hydrogens is 306 g/mol. The molecule has 1 aromatic carbocycles. The zero-order valence-electron chi connectivity index (χ0n) is 14.7. The lowest BCUT2D eigenvalue weighted by molar-refractivity contribution is -0.143. The predicted octanol–water partition coefficient (Wildman–Crippen LogP) is 2.83. The van der Waals surface area contributed by atoms with Gasteiger partial charge >= 0.3 is 5.97 Å². The van der Waals surface area contributed by atoms with Crippen LogP contribution in [-0.4, -0.2) is 29.3 Å². The summed E-state index contributed by atoms with van der Waals surface area (Å²) in [5, 5.41) is 11.9. The molecule has 24 heavy (non-hydrogen) atoms. The number of hydrogen-bond acceptors (Lipinski definition) is 3. The van der Waals surface area contributed by atoms with Crippen molar-refractivity contribution in [2.45, 2.75) is 46.5 Å². The van der Waals surface area contributed by atoms with E-state index in [0.717, 1.165) is 12.0 Å². The van der Waals surface area contributed by atoms with Gasteiger partial charge in [-0.15, -0.1) is 0 Å². The van der Waals surface area contributed by atoms with Crippen molar-refractivity contribution in [2.75, 3.05) is 6.54 Å². The molecule has 0 spiro atoms. The van der Waals surface area contributed by atoms with Crippen molar-refractivity contribution in [3.8, 4) is 0 Å². The zero-order valence-corrected chi connectivity index (χ0v) is 14.7. The molecule has 0 aromatic heterocycles. The van der Waals surface area contributed by atoms with Crippen LogP contribution >= 0.6 is 0 Å². The van der Waals surface area contributed by atoms with Gasteiger partial charge in [0.1, 0.15) is 0 Å². The number of benzene rings is 1. The van der Waals surface area contributed by atoms with Gasteiger partial charge in [0.15, 0.2) is 5.78 Å². The molecule has 1 atom stereocenters. The van der Waals surface area contributed by atoms with Crippen LogP contribution in [0.2, 0.25) is 0 Å². The zero-order chi connectivity index (χ0) is 18.2. The molecule has 1 rings (SSSR count). The molecule has 0 unspecified atom stereocenters. The SMILES string of the molecule is CC(C)(C)CCC(=O)NCC(=O)C[C@H](Cc1ccccc1)C(=O)O. The van der Waals surface area contributed by atoms with Crippen LogP contribution in [-0.2, 0) is 20.8 Å². The van der Waals surface area contributed by atoms with Crippen LogP contribution in [0.3, 0.4) is 0 Å². The Bertz CT molecular complexity index is 560. The average Bonchev–Trinajstić information content (AvgIpc) is 2.50. The van der Waals surface area contributed by atoms with Gasteiger partial charge < -0.3 is 10.4 Å². The van der Waals surface area contributed by atoms with Crippen LogP contribution in [0.5, 0.6) is 0 Å². The quantitative estimate of drug-likeness (QED) is 0.728. The normalized spacial score (nSPS) is 12.5. The van der Waals surface area contributed by atoms with Gasteiger partial charge in [0, 0.05) is 12.8 Å². The van der Waals surface area contributed by atoms with Crippen LogP contribution in [0.15, 0.2) is 30.3 Å². The van der Waals surface area contributed by atoms with E-state index in [0.29, 0.717) is 12.8 Å². The lowest BCUT2D eigenvalue weighted by Crippen LogP contribution is -2.32. The van der Waals surface area contributed by atoms with Crippen LogP contribution in [0.1, 0.15) is 45.6 Å². The Labute approximate surface area is 143 Å². The molecule has 0 aliphatic rings. The summed E-state index contributed by atoms with van der Waals surface area (Å²) in [4.78, 5) is 35.1. The molecule has 0 bridgehead atoms. The number of rotatable bonds is 9. The van der Waals surface area contributed by atoms with E-state index in [2.05, 4.69) is 5.32 Å². The molecule has 0 saturated heterocycles. The van der Waals surface area contributed by atoms with Crippen LogP contribution in [0.4, 0.5) is 0 Å². The monoisotopic (exact) mass is 333 g/mol. The van der Waals surface area contributed by atoms with E-state index in [9.17, 15) is 19.5 Å². The molecule has 0 radical (unpaired) electrons. The second-order valence-electron chi connectivity index (χ2n) is 7.31. The second-order valence-corrected chi connectivity index (χ2v) is 7.31. The number of aliphatic carboxylic acids is 1.